The van der Waals surface area contributed by atoms with Crippen molar-refractivity contribution in [3.8, 4) is 22.3 Å². The van der Waals surface area contributed by atoms with E-state index in [1.54, 1.807) is 87.4 Å². The Balaban J connectivity index is 0.000000253. The average Bonchev–Trinajstić information content (AvgIpc) is 0.871. The predicted octanol–water partition coefficient (Wildman–Crippen LogP) is 12.1. The van der Waals surface area contributed by atoms with Crippen LogP contribution in [-0.2, 0) is 45.2 Å². The van der Waals surface area contributed by atoms with E-state index in [9.17, 15) is 34.5 Å². The predicted molar refractivity (Wildman–Crippen MR) is 452 cm³/mol. The molecule has 3 amide bonds. The van der Waals surface area contributed by atoms with E-state index in [4.69, 9.17) is 27.8 Å². The fraction of sp³-hybridized carbons (Fsp3) is 0.545. The number of rotatable bonds is 29. The molecule has 0 spiro atoms. The first-order valence-corrected chi connectivity index (χ1v) is 40.2. The molecule has 2 heterocycles. The second kappa shape index (κ2) is 41.3. The average molecular weight is 1840 g/mol. The number of nitrogens with one attached hydrogen (secondary N) is 3. The standard InChI is InChI=1S/C44H59FN8O4.C33H43FN6O5.C11H18N2.BH.U/c1-26-36-21-32(44(36,3)4)22-37(26)49-43(56)41-39(27(2)54)38(23-47-50-46)57-53(41)24-29-15-12-16-35(40(29)45)30-18-31(20-34(19-30)52(7)8)42(55)48-33(25-51(5)6)17-28-13-10-9-11-14-28;1-17-25-13-22(33(25,3)4)14-26(17)37-31(42)30-28(18(2)41)27(15-36-38-35)45-40(30)16-19-8-7-9-24(29(19)34)20-10-21(32(43)44)12-23(11-20)39(5)6;1-13(2)9-11(12)8-10-6-4-3-5-7-10;;/h9-16,18-20,26-27,32-33,36-39,41,54H,17,21-25H2,1-8H3,(H,48,55)(H,49,56);7-12,17-18,22,25-28,30,41H,13-16H2,1-6H3,(H,37,42)(H,43,44);3-7,11H,8-9,12H2,1-2H3;1H;/t26-,27-,32+,33-,36-,37-,38-,39+,41-;17-,18-,22+,25-,26-,27-,28+,30-;11-;;/m000../s1/i;;;1T;. The van der Waals surface area contributed by atoms with Crippen LogP contribution in [0.3, 0.4) is 0 Å². The number of amides is 3. The minimum atomic E-state index is -1.13. The molecule has 2 aliphatic heterocycles. The summed E-state index contributed by atoms with van der Waals surface area (Å²) >= 11 is 0. The molecule has 2 saturated heterocycles. The summed E-state index contributed by atoms with van der Waals surface area (Å²) in [4.78, 5) is 80.1. The van der Waals surface area contributed by atoms with Crippen molar-refractivity contribution < 1.29 is 84.1 Å². The smallest absolute Gasteiger partial charge is 0.335 e. The van der Waals surface area contributed by atoms with Crippen LogP contribution in [0, 0.1) is 101 Å². The van der Waals surface area contributed by atoms with E-state index in [0.717, 1.165) is 49.9 Å². The number of halogens is 2. The van der Waals surface area contributed by atoms with E-state index >= 15 is 8.78 Å². The summed E-state index contributed by atoms with van der Waals surface area (Å²) in [5, 5.41) is 51.5. The van der Waals surface area contributed by atoms with Gasteiger partial charge in [-0.15, -0.1) is 0 Å². The van der Waals surface area contributed by atoms with Crippen LogP contribution in [-0.4, -0.2) is 212 Å². The van der Waals surface area contributed by atoms with E-state index in [2.05, 4.69) is 115 Å². The van der Waals surface area contributed by atoms with Gasteiger partial charge in [-0.2, -0.15) is 10.1 Å². The number of aliphatic hydroxyl groups is 2. The van der Waals surface area contributed by atoms with Gasteiger partial charge < -0.3 is 56.6 Å². The molecular weight excluding hydrogens is 1710 g/mol. The Bertz CT molecular complexity index is 4470. The van der Waals surface area contributed by atoms with Crippen LogP contribution in [0.1, 0.15) is 124 Å². The molecule has 8 N–H and O–H groups in total. The number of hydrogen-bond donors (Lipinski definition) is 7. The quantitative estimate of drug-likeness (QED) is 0.00993. The number of carbonyl (C=O) groups is 4. The van der Waals surface area contributed by atoms with E-state index in [0.29, 0.717) is 59.0 Å². The fourth-order valence-electron chi connectivity index (χ4n) is 18.9. The largest absolute Gasteiger partial charge is 0.478 e. The number of anilines is 2. The van der Waals surface area contributed by atoms with Crippen molar-refractivity contribution in [2.45, 2.75) is 168 Å². The third kappa shape index (κ3) is 22.6. The Morgan fingerprint density at radius 3 is 1.38 bits per heavy atom. The van der Waals surface area contributed by atoms with Crippen molar-refractivity contribution in [3.05, 3.63) is 199 Å². The summed E-state index contributed by atoms with van der Waals surface area (Å²) in [6.45, 7) is 17.8. The third-order valence-electron chi connectivity index (χ3n) is 25.4. The van der Waals surface area contributed by atoms with E-state index in [1.165, 1.54) is 27.8 Å². The Kier molecular flexibility index (Phi) is 32.8. The number of aliphatic hydroxyl groups excluding tert-OH is 2. The fourth-order valence-corrected chi connectivity index (χ4v) is 18.9. The van der Waals surface area contributed by atoms with Gasteiger partial charge in [-0.3, -0.25) is 24.1 Å². The van der Waals surface area contributed by atoms with Crippen LogP contribution < -0.4 is 31.5 Å². The number of azide groups is 2. The molecule has 25 nitrogen and oxygen atoms in total. The number of nitrogens with two attached hydrogens (primary N) is 1. The van der Waals surface area contributed by atoms with Crippen molar-refractivity contribution >= 4 is 43.4 Å². The summed E-state index contributed by atoms with van der Waals surface area (Å²) in [7, 11) is 19.1. The van der Waals surface area contributed by atoms with Gasteiger partial charge in [-0.05, 0) is 198 Å². The maximum Gasteiger partial charge on any atom is 0.335 e. The van der Waals surface area contributed by atoms with Gasteiger partial charge in [0, 0.05) is 166 Å². The van der Waals surface area contributed by atoms with Crippen molar-refractivity contribution in [2.24, 2.45) is 74.1 Å². The van der Waals surface area contributed by atoms with Gasteiger partial charge in [0.1, 0.15) is 23.7 Å². The number of fused-ring (bicyclic) bond motifs is 4. The van der Waals surface area contributed by atoms with Crippen LogP contribution >= 0.6 is 0 Å². The van der Waals surface area contributed by atoms with Crippen LogP contribution in [0.15, 0.2) is 144 Å². The number of hydrogen-bond acceptors (Lipinski definition) is 17. The van der Waals surface area contributed by atoms with E-state index < -0.39 is 65.9 Å². The number of hydroxylamine groups is 4. The third-order valence-corrected chi connectivity index (χ3v) is 25.4. The Morgan fingerprint density at radius 2 is 1.01 bits per heavy atom. The minimum Gasteiger partial charge on any atom is -0.478 e. The number of carboxylic acid groups (broad SMARTS) is 1. The van der Waals surface area contributed by atoms with Gasteiger partial charge in [0.15, 0.2) is 0 Å². The normalized spacial score (nSPS) is 25.5. The summed E-state index contributed by atoms with van der Waals surface area (Å²) in [5.74, 6) is -1.97. The molecule has 8 aliphatic rings. The number of nitrogens with zero attached hydrogens (tertiary/aromatic N) is 12. The molecule has 2 radical (unpaired) electrons. The Labute approximate surface area is 716 Å². The van der Waals surface area contributed by atoms with Gasteiger partial charge in [-0.25, -0.2) is 13.6 Å². The molecule has 6 aliphatic carbocycles. The zero-order valence-corrected chi connectivity index (χ0v) is 74.8. The van der Waals surface area contributed by atoms with Gasteiger partial charge in [0.25, 0.3) is 5.91 Å². The van der Waals surface area contributed by atoms with Crippen molar-refractivity contribution in [1.82, 2.24) is 35.9 Å². The molecule has 628 valence electrons. The number of benzene rings is 6. The Morgan fingerprint density at radius 1 is 0.607 bits per heavy atom. The summed E-state index contributed by atoms with van der Waals surface area (Å²) in [6.07, 6.45) is 2.10. The van der Waals surface area contributed by atoms with Gasteiger partial charge >= 0.3 is 5.97 Å². The molecule has 4 bridgehead atoms. The molecule has 8 fully saturated rings. The summed E-state index contributed by atoms with van der Waals surface area (Å²) in [5.41, 5.74) is 30.6. The van der Waals surface area contributed by atoms with Crippen LogP contribution in [0.25, 0.3) is 43.1 Å². The molecule has 0 aromatic heterocycles. The Hall–Kier alpha value is -7.96. The topological polar surface area (TPSA) is 327 Å². The molecule has 29 heteroatoms. The molecule has 14 rings (SSSR count). The number of likely N-dealkylation sites (N-methyl/N-ethyl adjacent to an activating group) is 2. The second-order valence-electron chi connectivity index (χ2n) is 35.0. The zero-order valence-electron chi connectivity index (χ0n) is 71.6. The van der Waals surface area contributed by atoms with Crippen molar-refractivity contribution in [1.29, 1.82) is 1.34 Å². The van der Waals surface area contributed by atoms with Crippen LogP contribution in [0.4, 0.5) is 20.2 Å². The van der Waals surface area contributed by atoms with Gasteiger partial charge in [0.2, 0.25) is 11.8 Å². The number of carbonyl (C=O) groups excluding carboxylic acids is 3. The summed E-state index contributed by atoms with van der Waals surface area (Å²) in [6, 6.07) is 38.4. The molecule has 117 heavy (non-hydrogen) atoms. The minimum absolute atomic E-state index is 0. The maximum absolute atomic E-state index is 16.9. The molecule has 18 atom stereocenters. The first-order chi connectivity index (χ1) is 55.5. The molecule has 6 saturated carbocycles. The number of aromatic carboxylic acids is 1. The molecule has 6 aromatic carbocycles. The monoisotopic (exact) mass is 1840 g/mol. The first-order valence-electron chi connectivity index (χ1n) is 40.8. The molecular formula is C88H121BF2N16O9U. The molecule has 0 unspecified atom stereocenters. The maximum atomic E-state index is 16.9. The number of carboxylic acids is 1. The van der Waals surface area contributed by atoms with Crippen molar-refractivity contribution in [2.75, 3.05) is 92.4 Å². The summed E-state index contributed by atoms with van der Waals surface area (Å²) < 4.78 is 38.4. The van der Waals surface area contributed by atoms with E-state index in [1.807, 2.05) is 94.6 Å². The van der Waals surface area contributed by atoms with Crippen molar-refractivity contribution in [3.63, 3.8) is 0 Å². The zero-order chi connectivity index (χ0) is 85.7. The SMILES string of the molecule is CN(C)C[C@@H](N)Cc1ccccc1.C[C@@H]1[C@@H](NC(=O)[C@@H]2[C@H]([C@H](C)O)[C@H](CN=[N+]=[N-])ON2Cc2cccc(-c3cc(C(=O)N[C@@H](Cc4ccccc4)CN(C)C)cc(N(C)C)c3)c2F)C[C@H]2C[C@@H]1C2(C)C.C[C@@H]1[C@@H](NC(=O)[C@@H]2[C@H]([C@H](C)O)[C@H](CN=[N+]=[N-])ON2Cc2cccc(-c3cc(C(=O)O)cc(N(C)C)c3)c2F)C[C@H]2C[C@@H]1C2(C)C.[3H][B].[U]. The molecule has 6 aromatic rings. The first kappa shape index (κ1) is 92.9. The van der Waals surface area contributed by atoms with Gasteiger partial charge in [-0.1, -0.05) is 149 Å². The van der Waals surface area contributed by atoms with Crippen LogP contribution in [0.5, 0.6) is 0 Å². The van der Waals surface area contributed by atoms with E-state index in [-0.39, 0.29) is 150 Å². The second-order valence-corrected chi connectivity index (χ2v) is 35.0. The van der Waals surface area contributed by atoms with Gasteiger partial charge in [0.05, 0.1) is 56.2 Å². The van der Waals surface area contributed by atoms with Crippen LogP contribution in [0.2, 0.25) is 0 Å².